The van der Waals surface area contributed by atoms with E-state index in [1.54, 1.807) is 19.2 Å². The molecule has 4 nitrogen and oxygen atoms in total. The molecule has 2 rings (SSSR count). The molecule has 19 heavy (non-hydrogen) atoms. The molecule has 2 aromatic carbocycles. The maximum atomic E-state index is 10.6. The smallest absolute Gasteiger partial charge is 0.269 e. The van der Waals surface area contributed by atoms with Gasteiger partial charge in [-0.1, -0.05) is 11.8 Å². The molecule has 98 valence electrons. The molecular weight excluding hydrogens is 330 g/mol. The van der Waals surface area contributed by atoms with E-state index in [2.05, 4.69) is 15.9 Å². The van der Waals surface area contributed by atoms with Crippen molar-refractivity contribution in [2.75, 3.05) is 7.11 Å². The Kier molecular flexibility index (Phi) is 4.44. The van der Waals surface area contributed by atoms with Crippen molar-refractivity contribution in [3.05, 3.63) is 57.1 Å². The van der Waals surface area contributed by atoms with Crippen molar-refractivity contribution in [1.82, 2.24) is 0 Å². The molecule has 0 aliphatic carbocycles. The number of nitro groups is 1. The van der Waals surface area contributed by atoms with E-state index in [0.29, 0.717) is 0 Å². The first kappa shape index (κ1) is 13.9. The lowest BCUT2D eigenvalue weighted by molar-refractivity contribution is -0.384. The van der Waals surface area contributed by atoms with Gasteiger partial charge in [0.2, 0.25) is 0 Å². The van der Waals surface area contributed by atoms with Crippen molar-refractivity contribution in [2.45, 2.75) is 9.79 Å². The van der Waals surface area contributed by atoms with Crippen LogP contribution in [0.15, 0.2) is 56.7 Å². The number of hydrogen-bond donors (Lipinski definition) is 0. The third-order valence-electron chi connectivity index (χ3n) is 2.41. The second kappa shape index (κ2) is 6.08. The summed E-state index contributed by atoms with van der Waals surface area (Å²) >= 11 is 4.96. The van der Waals surface area contributed by atoms with Gasteiger partial charge in [0, 0.05) is 21.9 Å². The number of benzene rings is 2. The number of ether oxygens (including phenoxy) is 1. The fraction of sp³-hybridized carbons (Fsp3) is 0.0769. The first-order chi connectivity index (χ1) is 9.10. The zero-order valence-electron chi connectivity index (χ0n) is 10.00. The highest BCUT2D eigenvalue weighted by atomic mass is 79.9. The fourth-order valence-corrected chi connectivity index (χ4v) is 3.03. The van der Waals surface area contributed by atoms with Crippen molar-refractivity contribution in [2.24, 2.45) is 0 Å². The average Bonchev–Trinajstić information content (AvgIpc) is 2.39. The van der Waals surface area contributed by atoms with Crippen molar-refractivity contribution in [1.29, 1.82) is 0 Å². The van der Waals surface area contributed by atoms with Crippen LogP contribution in [0.1, 0.15) is 0 Å². The van der Waals surface area contributed by atoms with Crippen LogP contribution in [-0.2, 0) is 0 Å². The normalized spacial score (nSPS) is 10.2. The molecule has 0 saturated carbocycles. The van der Waals surface area contributed by atoms with Crippen LogP contribution in [-0.4, -0.2) is 12.0 Å². The van der Waals surface area contributed by atoms with Gasteiger partial charge >= 0.3 is 0 Å². The molecule has 0 spiro atoms. The van der Waals surface area contributed by atoms with E-state index in [-0.39, 0.29) is 5.69 Å². The quantitative estimate of drug-likeness (QED) is 0.607. The van der Waals surface area contributed by atoms with Crippen LogP contribution in [0.25, 0.3) is 0 Å². The summed E-state index contributed by atoms with van der Waals surface area (Å²) in [4.78, 5) is 12.1. The minimum Gasteiger partial charge on any atom is -0.496 e. The molecule has 0 fully saturated rings. The number of rotatable bonds is 4. The highest BCUT2D eigenvalue weighted by Gasteiger charge is 2.06. The largest absolute Gasteiger partial charge is 0.496 e. The number of hydrogen-bond acceptors (Lipinski definition) is 4. The summed E-state index contributed by atoms with van der Waals surface area (Å²) in [6, 6.07) is 12.2. The second-order valence-electron chi connectivity index (χ2n) is 3.65. The van der Waals surface area contributed by atoms with Crippen LogP contribution in [0.4, 0.5) is 5.69 Å². The van der Waals surface area contributed by atoms with E-state index >= 15 is 0 Å². The molecule has 0 radical (unpaired) electrons. The Hall–Kier alpha value is -1.53. The lowest BCUT2D eigenvalue weighted by Crippen LogP contribution is -1.86. The molecule has 0 atom stereocenters. The predicted molar refractivity (Wildman–Crippen MR) is 77.9 cm³/mol. The van der Waals surface area contributed by atoms with E-state index in [0.717, 1.165) is 20.0 Å². The monoisotopic (exact) mass is 339 g/mol. The van der Waals surface area contributed by atoms with E-state index in [1.165, 1.54) is 23.9 Å². The highest BCUT2D eigenvalue weighted by Crippen LogP contribution is 2.34. The van der Waals surface area contributed by atoms with Gasteiger partial charge in [-0.25, -0.2) is 0 Å². The summed E-state index contributed by atoms with van der Waals surface area (Å²) < 4.78 is 6.04. The van der Waals surface area contributed by atoms with Crippen molar-refractivity contribution >= 4 is 33.4 Å². The van der Waals surface area contributed by atoms with Gasteiger partial charge in [0.05, 0.1) is 16.5 Å². The summed E-state index contributed by atoms with van der Waals surface area (Å²) in [6.07, 6.45) is 0. The molecule has 2 aromatic rings. The van der Waals surface area contributed by atoms with Gasteiger partial charge in [0.25, 0.3) is 5.69 Å². The molecule has 6 heteroatoms. The summed E-state index contributed by atoms with van der Waals surface area (Å²) in [5.74, 6) is 0.771. The van der Waals surface area contributed by atoms with E-state index in [9.17, 15) is 10.1 Å². The summed E-state index contributed by atoms with van der Waals surface area (Å²) in [5.41, 5.74) is 0.0975. The van der Waals surface area contributed by atoms with Crippen LogP contribution in [0, 0.1) is 10.1 Å². The van der Waals surface area contributed by atoms with Gasteiger partial charge in [-0.05, 0) is 46.3 Å². The van der Waals surface area contributed by atoms with Crippen LogP contribution < -0.4 is 4.74 Å². The number of halogens is 1. The maximum absolute atomic E-state index is 10.6. The van der Waals surface area contributed by atoms with Crippen LogP contribution in [0.5, 0.6) is 5.75 Å². The number of non-ortho nitro benzene ring substituents is 1. The van der Waals surface area contributed by atoms with Crippen LogP contribution >= 0.6 is 27.7 Å². The molecule has 0 heterocycles. The van der Waals surface area contributed by atoms with Gasteiger partial charge in [0.1, 0.15) is 5.75 Å². The number of nitro benzene ring substituents is 1. The third kappa shape index (κ3) is 3.48. The van der Waals surface area contributed by atoms with Crippen molar-refractivity contribution in [3.63, 3.8) is 0 Å². The maximum Gasteiger partial charge on any atom is 0.269 e. The summed E-state index contributed by atoms with van der Waals surface area (Å²) in [6.45, 7) is 0. The average molecular weight is 340 g/mol. The Morgan fingerprint density at radius 2 is 1.79 bits per heavy atom. The minimum absolute atomic E-state index is 0.0975. The van der Waals surface area contributed by atoms with Gasteiger partial charge < -0.3 is 4.74 Å². The standard InChI is InChI=1S/C13H10BrNO3S/c1-18-13-7-6-11(8-12(13)14)19-10-4-2-9(3-5-10)15(16)17/h2-8H,1H3. The Morgan fingerprint density at radius 1 is 1.16 bits per heavy atom. The van der Waals surface area contributed by atoms with Crippen molar-refractivity contribution in [3.8, 4) is 5.75 Å². The SMILES string of the molecule is COc1ccc(Sc2ccc([N+](=O)[O-])cc2)cc1Br. The van der Waals surface area contributed by atoms with Gasteiger partial charge in [-0.3, -0.25) is 10.1 Å². The lowest BCUT2D eigenvalue weighted by atomic mass is 10.3. The molecule has 0 aliphatic heterocycles. The minimum atomic E-state index is -0.404. The molecule has 0 amide bonds. The highest BCUT2D eigenvalue weighted by molar-refractivity contribution is 9.10. The lowest BCUT2D eigenvalue weighted by Gasteiger charge is -2.06. The second-order valence-corrected chi connectivity index (χ2v) is 5.65. The Balaban J connectivity index is 2.16. The van der Waals surface area contributed by atoms with E-state index in [4.69, 9.17) is 4.74 Å². The molecule has 0 unspecified atom stereocenters. The zero-order valence-corrected chi connectivity index (χ0v) is 12.4. The zero-order chi connectivity index (χ0) is 13.8. The van der Waals surface area contributed by atoms with Gasteiger partial charge in [-0.2, -0.15) is 0 Å². The Morgan fingerprint density at radius 3 is 2.32 bits per heavy atom. The number of nitrogens with zero attached hydrogens (tertiary/aromatic N) is 1. The fourth-order valence-electron chi connectivity index (χ4n) is 1.48. The molecule has 0 aromatic heterocycles. The van der Waals surface area contributed by atoms with Crippen LogP contribution in [0.2, 0.25) is 0 Å². The first-order valence-electron chi connectivity index (χ1n) is 5.36. The summed E-state index contributed by atoms with van der Waals surface area (Å²) in [7, 11) is 1.61. The molecule has 0 aliphatic rings. The van der Waals surface area contributed by atoms with E-state index in [1.807, 2.05) is 18.2 Å². The molecular formula is C13H10BrNO3S. The number of methoxy groups -OCH3 is 1. The third-order valence-corrected chi connectivity index (χ3v) is 4.02. The summed E-state index contributed by atoms with van der Waals surface area (Å²) in [5, 5.41) is 10.6. The Bertz CT molecular complexity index is 601. The topological polar surface area (TPSA) is 52.4 Å². The van der Waals surface area contributed by atoms with Crippen LogP contribution in [0.3, 0.4) is 0 Å². The molecule has 0 N–H and O–H groups in total. The van der Waals surface area contributed by atoms with Gasteiger partial charge in [0.15, 0.2) is 0 Å². The predicted octanol–water partition coefficient (Wildman–Crippen LogP) is 4.52. The van der Waals surface area contributed by atoms with Gasteiger partial charge in [-0.15, -0.1) is 0 Å². The van der Waals surface area contributed by atoms with E-state index < -0.39 is 4.92 Å². The molecule has 0 bridgehead atoms. The Labute approximate surface area is 123 Å². The molecule has 0 saturated heterocycles. The first-order valence-corrected chi connectivity index (χ1v) is 6.97. The van der Waals surface area contributed by atoms with Crippen molar-refractivity contribution < 1.29 is 9.66 Å².